The van der Waals surface area contributed by atoms with Crippen molar-refractivity contribution in [3.8, 4) is 0 Å². The maximum atomic E-state index is 4.32. The fourth-order valence-electron chi connectivity index (χ4n) is 1.83. The molecule has 1 atom stereocenters. The molecule has 1 aromatic rings. The van der Waals surface area contributed by atoms with E-state index in [0.717, 1.165) is 26.2 Å². The lowest BCUT2D eigenvalue weighted by Gasteiger charge is -2.32. The van der Waals surface area contributed by atoms with E-state index in [1.807, 2.05) is 6.20 Å². The van der Waals surface area contributed by atoms with Gasteiger partial charge in [-0.2, -0.15) is 0 Å². The largest absolute Gasteiger partial charge is 0.311 e. The molecule has 1 unspecified atom stereocenters. The number of rotatable bonds is 3. The van der Waals surface area contributed by atoms with Gasteiger partial charge >= 0.3 is 0 Å². The smallest absolute Gasteiger partial charge is 0.107 e. The average Bonchev–Trinajstić information content (AvgIpc) is 2.71. The number of nitrogens with zero attached hydrogens (tertiary/aromatic N) is 2. The highest BCUT2D eigenvalue weighted by Gasteiger charge is 2.17. The highest BCUT2D eigenvalue weighted by molar-refractivity contribution is 7.09. The Balaban J connectivity index is 1.86. The minimum atomic E-state index is 0.670. The molecule has 0 spiro atoms. The summed E-state index contributed by atoms with van der Waals surface area (Å²) in [5, 5.41) is 6.81. The Hall–Kier alpha value is -0.450. The van der Waals surface area contributed by atoms with E-state index in [-0.39, 0.29) is 0 Å². The fourth-order valence-corrected chi connectivity index (χ4v) is 2.49. The van der Waals surface area contributed by atoms with Crippen molar-refractivity contribution in [1.82, 2.24) is 15.2 Å². The molecule has 2 rings (SSSR count). The standard InChI is InChI=1S/C10H17N3S/c1-2-9-7-13(5-3-11-9)8-10-12-4-6-14-10/h4,6,9,11H,2-3,5,7-8H2,1H3. The minimum absolute atomic E-state index is 0.670. The van der Waals surface area contributed by atoms with E-state index >= 15 is 0 Å². The molecule has 0 bridgehead atoms. The van der Waals surface area contributed by atoms with Gasteiger partial charge in [-0.3, -0.25) is 4.90 Å². The summed E-state index contributed by atoms with van der Waals surface area (Å²) in [5.74, 6) is 0. The van der Waals surface area contributed by atoms with Crippen LogP contribution in [0.5, 0.6) is 0 Å². The second-order valence-corrected chi connectivity index (χ2v) is 4.70. The van der Waals surface area contributed by atoms with Gasteiger partial charge in [0, 0.05) is 37.3 Å². The molecule has 2 heterocycles. The lowest BCUT2D eigenvalue weighted by molar-refractivity contribution is 0.190. The highest BCUT2D eigenvalue weighted by Crippen LogP contribution is 2.10. The average molecular weight is 211 g/mol. The van der Waals surface area contributed by atoms with E-state index in [4.69, 9.17) is 0 Å². The van der Waals surface area contributed by atoms with E-state index < -0.39 is 0 Å². The zero-order valence-electron chi connectivity index (χ0n) is 8.57. The molecule has 1 N–H and O–H groups in total. The predicted molar refractivity (Wildman–Crippen MR) is 59.5 cm³/mol. The molecule has 1 fully saturated rings. The van der Waals surface area contributed by atoms with Crippen LogP contribution in [-0.2, 0) is 6.54 Å². The fraction of sp³-hybridized carbons (Fsp3) is 0.700. The minimum Gasteiger partial charge on any atom is -0.311 e. The number of piperazine rings is 1. The van der Waals surface area contributed by atoms with Crippen LogP contribution < -0.4 is 5.32 Å². The number of hydrogen-bond acceptors (Lipinski definition) is 4. The summed E-state index contributed by atoms with van der Waals surface area (Å²) in [6.07, 6.45) is 3.11. The Morgan fingerprint density at radius 2 is 2.64 bits per heavy atom. The first-order valence-corrected chi connectivity index (χ1v) is 6.10. The molecule has 78 valence electrons. The summed E-state index contributed by atoms with van der Waals surface area (Å²) in [6.45, 7) is 6.69. The summed E-state index contributed by atoms with van der Waals surface area (Å²) in [6, 6.07) is 0.670. The first-order chi connectivity index (χ1) is 6.88. The van der Waals surface area contributed by atoms with Crippen LogP contribution in [0.3, 0.4) is 0 Å². The van der Waals surface area contributed by atoms with Gasteiger partial charge < -0.3 is 5.32 Å². The predicted octanol–water partition coefficient (Wildman–Crippen LogP) is 1.33. The van der Waals surface area contributed by atoms with Gasteiger partial charge in [-0.15, -0.1) is 11.3 Å². The van der Waals surface area contributed by atoms with E-state index in [2.05, 4.69) is 27.5 Å². The van der Waals surface area contributed by atoms with E-state index in [1.165, 1.54) is 11.4 Å². The van der Waals surface area contributed by atoms with Crippen LogP contribution >= 0.6 is 11.3 Å². The van der Waals surface area contributed by atoms with Crippen LogP contribution in [0.15, 0.2) is 11.6 Å². The third-order valence-corrected chi connectivity index (χ3v) is 3.44. The van der Waals surface area contributed by atoms with E-state index in [0.29, 0.717) is 6.04 Å². The summed E-state index contributed by atoms with van der Waals surface area (Å²) < 4.78 is 0. The van der Waals surface area contributed by atoms with Crippen LogP contribution in [0, 0.1) is 0 Å². The van der Waals surface area contributed by atoms with Crippen molar-refractivity contribution in [3.63, 3.8) is 0 Å². The molecule has 3 nitrogen and oxygen atoms in total. The number of nitrogens with one attached hydrogen (secondary N) is 1. The molecule has 1 aliphatic heterocycles. The Labute approximate surface area is 89.1 Å². The quantitative estimate of drug-likeness (QED) is 0.817. The van der Waals surface area contributed by atoms with E-state index in [9.17, 15) is 0 Å². The second-order valence-electron chi connectivity index (χ2n) is 3.72. The van der Waals surface area contributed by atoms with Crippen LogP contribution in [0.25, 0.3) is 0 Å². The van der Waals surface area contributed by atoms with Crippen molar-refractivity contribution >= 4 is 11.3 Å². The Kier molecular flexibility index (Phi) is 3.50. The van der Waals surface area contributed by atoms with Crippen LogP contribution in [0.4, 0.5) is 0 Å². The topological polar surface area (TPSA) is 28.2 Å². The highest BCUT2D eigenvalue weighted by atomic mass is 32.1. The Morgan fingerprint density at radius 3 is 3.36 bits per heavy atom. The summed E-state index contributed by atoms with van der Waals surface area (Å²) >= 11 is 1.75. The SMILES string of the molecule is CCC1CN(Cc2nccs2)CCN1. The van der Waals surface area contributed by atoms with Gasteiger partial charge in [0.05, 0.1) is 6.54 Å². The van der Waals surface area contributed by atoms with Crippen molar-refractivity contribution in [1.29, 1.82) is 0 Å². The first kappa shape index (κ1) is 10.1. The van der Waals surface area contributed by atoms with Crippen molar-refractivity contribution in [2.24, 2.45) is 0 Å². The maximum absolute atomic E-state index is 4.32. The lowest BCUT2D eigenvalue weighted by Crippen LogP contribution is -2.49. The van der Waals surface area contributed by atoms with E-state index in [1.54, 1.807) is 11.3 Å². The monoisotopic (exact) mass is 211 g/mol. The van der Waals surface area contributed by atoms with Crippen LogP contribution in [0.1, 0.15) is 18.4 Å². The van der Waals surface area contributed by atoms with Gasteiger partial charge in [-0.25, -0.2) is 4.98 Å². The molecule has 0 amide bonds. The summed E-state index contributed by atoms with van der Waals surface area (Å²) in [4.78, 5) is 6.81. The molecule has 1 saturated heterocycles. The number of hydrogen-bond donors (Lipinski definition) is 1. The van der Waals surface area contributed by atoms with Gasteiger partial charge in [0.2, 0.25) is 0 Å². The van der Waals surface area contributed by atoms with Crippen molar-refractivity contribution in [2.75, 3.05) is 19.6 Å². The van der Waals surface area contributed by atoms with Crippen molar-refractivity contribution in [3.05, 3.63) is 16.6 Å². The lowest BCUT2D eigenvalue weighted by atomic mass is 10.1. The number of aromatic nitrogens is 1. The van der Waals surface area contributed by atoms with Gasteiger partial charge in [0.15, 0.2) is 0 Å². The van der Waals surface area contributed by atoms with Crippen molar-refractivity contribution in [2.45, 2.75) is 25.9 Å². The molecular formula is C10H17N3S. The molecule has 0 aromatic carbocycles. The first-order valence-electron chi connectivity index (χ1n) is 5.22. The Bertz CT molecular complexity index is 260. The zero-order chi connectivity index (χ0) is 9.80. The van der Waals surface area contributed by atoms with Gasteiger partial charge in [-0.1, -0.05) is 6.92 Å². The summed E-state index contributed by atoms with van der Waals surface area (Å²) in [7, 11) is 0. The van der Waals surface area contributed by atoms with Gasteiger partial charge in [-0.05, 0) is 6.42 Å². The van der Waals surface area contributed by atoms with Gasteiger partial charge in [0.1, 0.15) is 5.01 Å². The second kappa shape index (κ2) is 4.87. The van der Waals surface area contributed by atoms with Crippen LogP contribution in [0.2, 0.25) is 0 Å². The number of thiazole rings is 1. The zero-order valence-corrected chi connectivity index (χ0v) is 9.39. The third-order valence-electron chi connectivity index (χ3n) is 2.67. The molecule has 0 aliphatic carbocycles. The molecule has 1 aliphatic rings. The molecule has 1 aromatic heterocycles. The summed E-state index contributed by atoms with van der Waals surface area (Å²) in [5.41, 5.74) is 0. The Morgan fingerprint density at radius 1 is 1.71 bits per heavy atom. The molecule has 0 radical (unpaired) electrons. The maximum Gasteiger partial charge on any atom is 0.107 e. The van der Waals surface area contributed by atoms with Gasteiger partial charge in [0.25, 0.3) is 0 Å². The third kappa shape index (κ3) is 2.53. The normalized spacial score (nSPS) is 23.9. The van der Waals surface area contributed by atoms with Crippen molar-refractivity contribution < 1.29 is 0 Å². The van der Waals surface area contributed by atoms with Crippen LogP contribution in [-0.4, -0.2) is 35.6 Å². The molecule has 0 saturated carbocycles. The molecule has 4 heteroatoms. The molecule has 14 heavy (non-hydrogen) atoms. The molecular weight excluding hydrogens is 194 g/mol.